The Bertz CT molecular complexity index is 548. The van der Waals surface area contributed by atoms with E-state index in [0.29, 0.717) is 5.02 Å². The lowest BCUT2D eigenvalue weighted by molar-refractivity contribution is -0.126. The van der Waals surface area contributed by atoms with Crippen LogP contribution in [0.3, 0.4) is 0 Å². The van der Waals surface area contributed by atoms with Crippen molar-refractivity contribution in [3.05, 3.63) is 28.8 Å². The van der Waals surface area contributed by atoms with E-state index in [0.717, 1.165) is 37.1 Å². The normalized spacial score (nSPS) is 19.2. The molecule has 0 saturated carbocycles. The molecular formula is C15H20ClN3O2. The van der Waals surface area contributed by atoms with E-state index >= 15 is 0 Å². The van der Waals surface area contributed by atoms with Crippen LogP contribution in [0.25, 0.3) is 0 Å². The number of amides is 2. The second-order valence-electron chi connectivity index (χ2n) is 5.39. The van der Waals surface area contributed by atoms with Gasteiger partial charge in [-0.15, -0.1) is 0 Å². The number of hydrogen-bond donors (Lipinski definition) is 2. The van der Waals surface area contributed by atoms with E-state index in [9.17, 15) is 9.59 Å². The number of rotatable bonds is 4. The minimum atomic E-state index is -0.356. The third-order valence-corrected chi connectivity index (χ3v) is 3.99. The summed E-state index contributed by atoms with van der Waals surface area (Å²) in [6.45, 7) is 2.78. The van der Waals surface area contributed by atoms with Crippen LogP contribution in [0.2, 0.25) is 5.02 Å². The fourth-order valence-electron chi connectivity index (χ4n) is 2.64. The maximum atomic E-state index is 12.1. The number of hydrogen-bond acceptors (Lipinski definition) is 3. The van der Waals surface area contributed by atoms with Crippen LogP contribution in [-0.4, -0.2) is 35.8 Å². The monoisotopic (exact) mass is 309 g/mol. The Kier molecular flexibility index (Phi) is 5.20. The Hall–Kier alpha value is -1.59. The highest BCUT2D eigenvalue weighted by Crippen LogP contribution is 2.20. The number of carbonyl (C=O) groups is 2. The second-order valence-corrected chi connectivity index (χ2v) is 5.83. The Balaban J connectivity index is 1.98. The third kappa shape index (κ3) is 4.19. The molecule has 2 amide bonds. The number of nitrogens with zero attached hydrogens (tertiary/aromatic N) is 1. The van der Waals surface area contributed by atoms with Gasteiger partial charge in [-0.2, -0.15) is 0 Å². The van der Waals surface area contributed by atoms with Crippen LogP contribution in [0.4, 0.5) is 5.69 Å². The molecule has 0 aliphatic carbocycles. The van der Waals surface area contributed by atoms with Crippen LogP contribution < -0.4 is 11.1 Å². The number of benzene rings is 1. The molecule has 1 aliphatic heterocycles. The van der Waals surface area contributed by atoms with Crippen LogP contribution >= 0.6 is 11.6 Å². The van der Waals surface area contributed by atoms with E-state index in [4.69, 9.17) is 17.3 Å². The van der Waals surface area contributed by atoms with Gasteiger partial charge in [0, 0.05) is 10.7 Å². The summed E-state index contributed by atoms with van der Waals surface area (Å²) in [5, 5.41) is 3.49. The molecule has 5 nitrogen and oxygen atoms in total. The Morgan fingerprint density at radius 2 is 2.19 bits per heavy atom. The number of likely N-dealkylation sites (tertiary alicyclic amines) is 1. The summed E-state index contributed by atoms with van der Waals surface area (Å²) in [5.41, 5.74) is 7.04. The number of piperidine rings is 1. The number of nitrogens with two attached hydrogens (primary N) is 1. The van der Waals surface area contributed by atoms with E-state index in [2.05, 4.69) is 5.32 Å². The minimum Gasteiger partial charge on any atom is -0.368 e. The van der Waals surface area contributed by atoms with Crippen molar-refractivity contribution in [1.82, 2.24) is 4.90 Å². The van der Waals surface area contributed by atoms with E-state index < -0.39 is 0 Å². The summed E-state index contributed by atoms with van der Waals surface area (Å²) in [5.74, 6) is -0.501. The van der Waals surface area contributed by atoms with Crippen molar-refractivity contribution >= 4 is 29.1 Å². The molecule has 0 radical (unpaired) electrons. The third-order valence-electron chi connectivity index (χ3n) is 3.75. The summed E-state index contributed by atoms with van der Waals surface area (Å²) in [6, 6.07) is 4.97. The number of carbonyl (C=O) groups excluding carboxylic acids is 2. The molecule has 0 bridgehead atoms. The van der Waals surface area contributed by atoms with Crippen LogP contribution in [0.1, 0.15) is 24.8 Å². The number of halogens is 1. The second kappa shape index (κ2) is 6.91. The molecule has 3 N–H and O–H groups in total. The van der Waals surface area contributed by atoms with Crippen molar-refractivity contribution < 1.29 is 9.59 Å². The average molecular weight is 310 g/mol. The minimum absolute atomic E-state index is 0.145. The predicted molar refractivity (Wildman–Crippen MR) is 83.2 cm³/mol. The predicted octanol–water partition coefficient (Wildman–Crippen LogP) is 1.93. The molecule has 0 aromatic heterocycles. The van der Waals surface area contributed by atoms with E-state index in [1.54, 1.807) is 18.2 Å². The Morgan fingerprint density at radius 1 is 1.43 bits per heavy atom. The first-order valence-electron chi connectivity index (χ1n) is 7.07. The molecule has 0 unspecified atom stereocenters. The van der Waals surface area contributed by atoms with Gasteiger partial charge in [-0.3, -0.25) is 14.5 Å². The molecule has 0 spiro atoms. The topological polar surface area (TPSA) is 75.4 Å². The summed E-state index contributed by atoms with van der Waals surface area (Å²) >= 11 is 5.89. The van der Waals surface area contributed by atoms with Crippen LogP contribution in [0.5, 0.6) is 0 Å². The zero-order valence-electron chi connectivity index (χ0n) is 12.1. The summed E-state index contributed by atoms with van der Waals surface area (Å²) < 4.78 is 0. The molecule has 6 heteroatoms. The molecule has 1 saturated heterocycles. The van der Waals surface area contributed by atoms with Gasteiger partial charge in [-0.25, -0.2) is 0 Å². The first-order chi connectivity index (χ1) is 9.97. The van der Waals surface area contributed by atoms with Crippen molar-refractivity contribution in [3.63, 3.8) is 0 Å². The molecule has 1 fully saturated rings. The van der Waals surface area contributed by atoms with Crippen molar-refractivity contribution in [2.24, 2.45) is 5.73 Å². The van der Waals surface area contributed by atoms with Gasteiger partial charge in [-0.05, 0) is 50.1 Å². The number of aryl methyl sites for hydroxylation is 1. The maximum absolute atomic E-state index is 12.1. The van der Waals surface area contributed by atoms with Crippen molar-refractivity contribution in [1.29, 1.82) is 0 Å². The number of anilines is 1. The Labute approximate surface area is 129 Å². The summed E-state index contributed by atoms with van der Waals surface area (Å²) in [4.78, 5) is 25.4. The standard InChI is InChI=1S/C15H20ClN3O2/c1-10-8-11(16)5-6-12(10)18-14(20)9-19-7-3-2-4-13(19)15(17)21/h5-6,8,13H,2-4,7,9H2,1H3,(H2,17,21)(H,18,20)/t13-/m0/s1. The molecule has 2 rings (SSSR count). The van der Waals surface area contributed by atoms with Gasteiger partial charge in [-0.1, -0.05) is 18.0 Å². The first-order valence-corrected chi connectivity index (χ1v) is 7.44. The highest BCUT2D eigenvalue weighted by atomic mass is 35.5. The average Bonchev–Trinajstić information content (AvgIpc) is 2.42. The van der Waals surface area contributed by atoms with Crippen molar-refractivity contribution in [2.45, 2.75) is 32.2 Å². The lowest BCUT2D eigenvalue weighted by atomic mass is 10.0. The molecule has 21 heavy (non-hydrogen) atoms. The zero-order chi connectivity index (χ0) is 15.4. The lowest BCUT2D eigenvalue weighted by Gasteiger charge is -2.32. The number of nitrogens with one attached hydrogen (secondary N) is 1. The van der Waals surface area contributed by atoms with E-state index in [-0.39, 0.29) is 24.4 Å². The van der Waals surface area contributed by atoms with Gasteiger partial charge < -0.3 is 11.1 Å². The van der Waals surface area contributed by atoms with Gasteiger partial charge in [0.25, 0.3) is 0 Å². The molecular weight excluding hydrogens is 290 g/mol. The molecule has 114 valence electrons. The summed E-state index contributed by atoms with van der Waals surface area (Å²) in [7, 11) is 0. The Morgan fingerprint density at radius 3 is 2.86 bits per heavy atom. The van der Waals surface area contributed by atoms with Gasteiger partial charge in [0.1, 0.15) is 0 Å². The molecule has 1 aliphatic rings. The van der Waals surface area contributed by atoms with Crippen LogP contribution in [0.15, 0.2) is 18.2 Å². The first kappa shape index (κ1) is 15.8. The van der Waals surface area contributed by atoms with Gasteiger partial charge >= 0.3 is 0 Å². The molecule has 1 atom stereocenters. The smallest absolute Gasteiger partial charge is 0.238 e. The molecule has 1 heterocycles. The number of primary amides is 1. The SMILES string of the molecule is Cc1cc(Cl)ccc1NC(=O)CN1CCCC[C@H]1C(N)=O. The van der Waals surface area contributed by atoms with Gasteiger partial charge in [0.05, 0.1) is 12.6 Å². The van der Waals surface area contributed by atoms with Gasteiger partial charge in [0.15, 0.2) is 0 Å². The van der Waals surface area contributed by atoms with Crippen LogP contribution in [0, 0.1) is 6.92 Å². The largest absolute Gasteiger partial charge is 0.368 e. The molecule has 1 aromatic rings. The maximum Gasteiger partial charge on any atom is 0.238 e. The fourth-order valence-corrected chi connectivity index (χ4v) is 2.87. The van der Waals surface area contributed by atoms with Crippen LogP contribution in [-0.2, 0) is 9.59 Å². The van der Waals surface area contributed by atoms with Crippen molar-refractivity contribution in [2.75, 3.05) is 18.4 Å². The highest BCUT2D eigenvalue weighted by Gasteiger charge is 2.28. The molecule has 1 aromatic carbocycles. The van der Waals surface area contributed by atoms with Gasteiger partial charge in [0.2, 0.25) is 11.8 Å². The lowest BCUT2D eigenvalue weighted by Crippen LogP contribution is -2.50. The van der Waals surface area contributed by atoms with E-state index in [1.165, 1.54) is 0 Å². The van der Waals surface area contributed by atoms with Crippen molar-refractivity contribution in [3.8, 4) is 0 Å². The zero-order valence-corrected chi connectivity index (χ0v) is 12.8. The highest BCUT2D eigenvalue weighted by molar-refractivity contribution is 6.30. The van der Waals surface area contributed by atoms with E-state index in [1.807, 2.05) is 11.8 Å². The quantitative estimate of drug-likeness (QED) is 0.892. The summed E-state index contributed by atoms with van der Waals surface area (Å²) in [6.07, 6.45) is 2.68. The fraction of sp³-hybridized carbons (Fsp3) is 0.467.